The van der Waals surface area contributed by atoms with Crippen LogP contribution in [-0.2, 0) is 13.6 Å². The zero-order chi connectivity index (χ0) is 11.0. The summed E-state index contributed by atoms with van der Waals surface area (Å²) in [7, 11) is -1.89. The molecule has 14 heavy (non-hydrogen) atoms. The smallest absolute Gasteiger partial charge is 0.304 e. The quantitative estimate of drug-likeness (QED) is 0.634. The van der Waals surface area contributed by atoms with Gasteiger partial charge in [0.15, 0.2) is 0 Å². The molecule has 0 aliphatic carbocycles. The van der Waals surface area contributed by atoms with E-state index in [1.54, 1.807) is 0 Å². The molecule has 86 valence electrons. The molecule has 0 bridgehead atoms. The summed E-state index contributed by atoms with van der Waals surface area (Å²) in [5.74, 6) is 0. The molecule has 0 saturated heterocycles. The minimum absolute atomic E-state index is 0.210. The van der Waals surface area contributed by atoms with Crippen molar-refractivity contribution in [1.29, 1.82) is 0 Å². The van der Waals surface area contributed by atoms with Crippen LogP contribution in [0.25, 0.3) is 0 Å². The van der Waals surface area contributed by atoms with Crippen LogP contribution >= 0.6 is 7.82 Å². The fraction of sp³-hybridized carbons (Fsp3) is 1.00. The molecule has 5 nitrogen and oxygen atoms in total. The van der Waals surface area contributed by atoms with Crippen LogP contribution in [0.2, 0.25) is 0 Å². The van der Waals surface area contributed by atoms with E-state index in [9.17, 15) is 4.57 Å². The van der Waals surface area contributed by atoms with E-state index in [1.165, 1.54) is 0 Å². The van der Waals surface area contributed by atoms with E-state index in [-0.39, 0.29) is 13.2 Å². The Kier molecular flexibility index (Phi) is 7.41. The van der Waals surface area contributed by atoms with Crippen LogP contribution in [-0.4, -0.2) is 43.1 Å². The Morgan fingerprint density at radius 1 is 1.29 bits per heavy atom. The molecule has 0 amide bonds. The van der Waals surface area contributed by atoms with Gasteiger partial charge in [0.05, 0.1) is 13.2 Å². The van der Waals surface area contributed by atoms with E-state index in [0.29, 0.717) is 13.0 Å². The Morgan fingerprint density at radius 3 is 2.36 bits per heavy atom. The lowest BCUT2D eigenvalue weighted by Crippen LogP contribution is -2.22. The van der Waals surface area contributed by atoms with E-state index >= 15 is 0 Å². The zero-order valence-electron chi connectivity index (χ0n) is 9.10. The van der Waals surface area contributed by atoms with E-state index < -0.39 is 7.82 Å². The average Bonchev–Trinajstić information content (AvgIpc) is 2.14. The van der Waals surface area contributed by atoms with Gasteiger partial charge < -0.3 is 9.79 Å². The van der Waals surface area contributed by atoms with E-state index in [2.05, 4.69) is 4.52 Å². The van der Waals surface area contributed by atoms with Gasteiger partial charge in [0, 0.05) is 6.54 Å². The average molecular weight is 225 g/mol. The van der Waals surface area contributed by atoms with E-state index in [4.69, 9.17) is 9.42 Å². The number of likely N-dealkylation sites (N-methyl/N-ethyl adjacent to an activating group) is 1. The SMILES string of the molecule is CCCOP(=O)(O)OCCN(C)CC. The van der Waals surface area contributed by atoms with Gasteiger partial charge in [0.2, 0.25) is 0 Å². The maximum atomic E-state index is 11.1. The van der Waals surface area contributed by atoms with Crippen molar-refractivity contribution in [2.24, 2.45) is 0 Å². The summed E-state index contributed by atoms with van der Waals surface area (Å²) in [5.41, 5.74) is 0. The third-order valence-corrected chi connectivity index (χ3v) is 2.74. The zero-order valence-corrected chi connectivity index (χ0v) is 10.00. The van der Waals surface area contributed by atoms with E-state index in [0.717, 1.165) is 6.54 Å². The van der Waals surface area contributed by atoms with Crippen molar-refractivity contribution in [2.75, 3.05) is 33.4 Å². The molecule has 0 aromatic heterocycles. The van der Waals surface area contributed by atoms with Crippen molar-refractivity contribution >= 4 is 7.82 Å². The molecule has 1 atom stereocenters. The predicted molar refractivity (Wildman–Crippen MR) is 55.2 cm³/mol. The first-order valence-electron chi connectivity index (χ1n) is 4.82. The maximum Gasteiger partial charge on any atom is 0.472 e. The van der Waals surface area contributed by atoms with Gasteiger partial charge in [0.25, 0.3) is 0 Å². The monoisotopic (exact) mass is 225 g/mol. The van der Waals surface area contributed by atoms with Crippen molar-refractivity contribution in [3.63, 3.8) is 0 Å². The van der Waals surface area contributed by atoms with Crippen LogP contribution in [0, 0.1) is 0 Å². The number of nitrogens with zero attached hydrogens (tertiary/aromatic N) is 1. The van der Waals surface area contributed by atoms with Gasteiger partial charge in [-0.2, -0.15) is 0 Å². The molecule has 0 fully saturated rings. The Balaban J connectivity index is 3.60. The minimum atomic E-state index is -3.80. The molecule has 0 radical (unpaired) electrons. The van der Waals surface area contributed by atoms with Crippen molar-refractivity contribution in [2.45, 2.75) is 20.3 Å². The number of phosphoric ester groups is 1. The number of hydrogen-bond donors (Lipinski definition) is 1. The lowest BCUT2D eigenvalue weighted by atomic mass is 10.5. The molecular formula is C8H20NO4P. The van der Waals surface area contributed by atoms with Crippen LogP contribution in [0.15, 0.2) is 0 Å². The topological polar surface area (TPSA) is 59.0 Å². The summed E-state index contributed by atoms with van der Waals surface area (Å²) in [6, 6.07) is 0. The second-order valence-corrected chi connectivity index (χ2v) is 4.48. The second kappa shape index (κ2) is 7.37. The van der Waals surface area contributed by atoms with Gasteiger partial charge in [-0.1, -0.05) is 13.8 Å². The van der Waals surface area contributed by atoms with Gasteiger partial charge in [-0.15, -0.1) is 0 Å². The fourth-order valence-corrected chi connectivity index (χ4v) is 1.51. The number of phosphoric acid groups is 1. The first kappa shape index (κ1) is 14.1. The van der Waals surface area contributed by atoms with Crippen LogP contribution < -0.4 is 0 Å². The molecule has 0 heterocycles. The summed E-state index contributed by atoms with van der Waals surface area (Å²) in [4.78, 5) is 11.1. The summed E-state index contributed by atoms with van der Waals surface area (Å²) in [6.45, 7) is 5.83. The third-order valence-electron chi connectivity index (χ3n) is 1.73. The van der Waals surface area contributed by atoms with Gasteiger partial charge in [-0.25, -0.2) is 4.57 Å². The second-order valence-electron chi connectivity index (χ2n) is 3.03. The molecule has 0 aromatic carbocycles. The normalized spacial score (nSPS) is 15.8. The minimum Gasteiger partial charge on any atom is -0.304 e. The van der Waals surface area contributed by atoms with Gasteiger partial charge in [0.1, 0.15) is 0 Å². The summed E-state index contributed by atoms with van der Waals surface area (Å²) in [6.07, 6.45) is 0.697. The van der Waals surface area contributed by atoms with Gasteiger partial charge >= 0.3 is 7.82 Å². The van der Waals surface area contributed by atoms with Crippen molar-refractivity contribution < 1.29 is 18.5 Å². The largest absolute Gasteiger partial charge is 0.472 e. The molecule has 0 aliphatic heterocycles. The first-order chi connectivity index (χ1) is 6.52. The molecular weight excluding hydrogens is 205 g/mol. The van der Waals surface area contributed by atoms with Crippen LogP contribution in [0.1, 0.15) is 20.3 Å². The summed E-state index contributed by atoms with van der Waals surface area (Å²) >= 11 is 0. The lowest BCUT2D eigenvalue weighted by Gasteiger charge is -2.15. The summed E-state index contributed by atoms with van der Waals surface area (Å²) in [5, 5.41) is 0. The molecule has 0 aromatic rings. The number of rotatable bonds is 8. The first-order valence-corrected chi connectivity index (χ1v) is 6.31. The van der Waals surface area contributed by atoms with Crippen LogP contribution in [0.4, 0.5) is 0 Å². The van der Waals surface area contributed by atoms with E-state index in [1.807, 2.05) is 25.8 Å². The summed E-state index contributed by atoms with van der Waals surface area (Å²) < 4.78 is 20.6. The molecule has 1 unspecified atom stereocenters. The molecule has 0 spiro atoms. The maximum absolute atomic E-state index is 11.1. The highest BCUT2D eigenvalue weighted by atomic mass is 31.2. The standard InChI is InChI=1S/C8H20NO4P/c1-4-7-12-14(10,11)13-8-6-9(3)5-2/h4-8H2,1-3H3,(H,10,11). The fourth-order valence-electron chi connectivity index (χ4n) is 0.714. The van der Waals surface area contributed by atoms with Crippen molar-refractivity contribution in [3.8, 4) is 0 Å². The lowest BCUT2D eigenvalue weighted by molar-refractivity contribution is 0.137. The number of hydrogen-bond acceptors (Lipinski definition) is 4. The van der Waals surface area contributed by atoms with Crippen LogP contribution in [0.3, 0.4) is 0 Å². The van der Waals surface area contributed by atoms with Crippen molar-refractivity contribution in [3.05, 3.63) is 0 Å². The van der Waals surface area contributed by atoms with Gasteiger partial charge in [-0.05, 0) is 20.0 Å². The Labute approximate surface area is 85.6 Å². The highest BCUT2D eigenvalue weighted by Gasteiger charge is 2.19. The Bertz CT molecular complexity index is 188. The molecule has 0 saturated carbocycles. The van der Waals surface area contributed by atoms with Crippen molar-refractivity contribution in [1.82, 2.24) is 4.90 Å². The highest BCUT2D eigenvalue weighted by molar-refractivity contribution is 7.47. The molecule has 0 aliphatic rings. The molecule has 1 N–H and O–H groups in total. The Morgan fingerprint density at radius 2 is 1.86 bits per heavy atom. The molecule has 6 heteroatoms. The Hall–Kier alpha value is 0.0700. The molecule has 0 rings (SSSR count). The third kappa shape index (κ3) is 7.47. The van der Waals surface area contributed by atoms with Crippen LogP contribution in [0.5, 0.6) is 0 Å². The highest BCUT2D eigenvalue weighted by Crippen LogP contribution is 2.42. The predicted octanol–water partition coefficient (Wildman–Crippen LogP) is 1.48. The van der Waals surface area contributed by atoms with Gasteiger partial charge in [-0.3, -0.25) is 9.05 Å².